The number of aromatic nitrogens is 5. The molecule has 8 rings (SSSR count). The summed E-state index contributed by atoms with van der Waals surface area (Å²) in [5.74, 6) is -6.50. The number of benzene rings is 2. The van der Waals surface area contributed by atoms with E-state index in [0.717, 1.165) is 18.4 Å². The molecule has 0 bridgehead atoms. The second-order valence-corrected chi connectivity index (χ2v) is 17.4. The Kier molecular flexibility index (Phi) is 10.00. The number of aryl methyl sites for hydroxylation is 1. The van der Waals surface area contributed by atoms with Gasteiger partial charge in [0.2, 0.25) is 15.9 Å². The van der Waals surface area contributed by atoms with Gasteiger partial charge in [0.1, 0.15) is 34.7 Å². The van der Waals surface area contributed by atoms with Crippen molar-refractivity contribution in [2.24, 2.45) is 18.7 Å². The number of alkyl halides is 5. The van der Waals surface area contributed by atoms with Gasteiger partial charge >= 0.3 is 6.18 Å². The topological polar surface area (TPSA) is 167 Å². The Morgan fingerprint density at radius 2 is 1.77 bits per heavy atom. The summed E-state index contributed by atoms with van der Waals surface area (Å²) in [7, 11) is -2.46. The Balaban J connectivity index is 1.43. The number of ether oxygens (including phenoxy) is 1. The largest absolute Gasteiger partial charge is 0.435 e. The number of fused-ring (bicyclic) bond motifs is 4. The van der Waals surface area contributed by atoms with Crippen molar-refractivity contribution in [1.82, 2.24) is 24.5 Å². The highest BCUT2D eigenvalue weighted by Gasteiger charge is 2.69. The van der Waals surface area contributed by atoms with Gasteiger partial charge in [-0.05, 0) is 60.6 Å². The van der Waals surface area contributed by atoms with Crippen LogP contribution in [-0.2, 0) is 45.1 Å². The zero-order valence-corrected chi connectivity index (χ0v) is 33.0. The van der Waals surface area contributed by atoms with Crippen LogP contribution in [0.5, 0.6) is 0 Å². The second-order valence-electron chi connectivity index (χ2n) is 15.2. The SMILES string of the molecule is Cn1nc(NS(C)(=O)=O)c2c(Cl)ccc(-c3ccc(C#CC4(O)CCOCC4)nc3[C@@H](Cc3cc(F)cc(F)c3)C(C(N)=O)n3nc(C(F)(F)F)c4c3C(F)(F)[C@@H]3C[C@H]43)c21. The molecule has 316 valence electrons. The molecule has 2 aromatic carbocycles. The van der Waals surface area contributed by atoms with E-state index in [1.54, 1.807) is 0 Å². The van der Waals surface area contributed by atoms with E-state index < -0.39 is 92.4 Å². The summed E-state index contributed by atoms with van der Waals surface area (Å²) in [6.07, 6.45) is -4.97. The predicted molar refractivity (Wildman–Crippen MR) is 202 cm³/mol. The molecular formula is C39H33ClF7N7O5S. The lowest BCUT2D eigenvalue weighted by atomic mass is 9.84. The number of hydrogen-bond donors (Lipinski definition) is 3. The highest BCUT2D eigenvalue weighted by atomic mass is 35.5. The average molecular weight is 880 g/mol. The third-order valence-electron chi connectivity index (χ3n) is 11.0. The number of amides is 1. The lowest BCUT2D eigenvalue weighted by molar-refractivity contribution is -0.142. The number of rotatable bonds is 9. The lowest BCUT2D eigenvalue weighted by Crippen LogP contribution is -2.37. The summed E-state index contributed by atoms with van der Waals surface area (Å²) in [5.41, 5.74) is 0.868. The van der Waals surface area contributed by atoms with Crippen LogP contribution in [0.25, 0.3) is 22.0 Å². The average Bonchev–Trinajstić information content (AvgIpc) is 3.67. The Bertz CT molecular complexity index is 2760. The minimum Gasteiger partial charge on any atom is -0.381 e. The van der Waals surface area contributed by atoms with Crippen LogP contribution in [0.1, 0.15) is 71.0 Å². The number of anilines is 1. The third kappa shape index (κ3) is 7.45. The number of aliphatic hydroxyl groups is 1. The van der Waals surface area contributed by atoms with E-state index >= 15 is 8.78 Å². The van der Waals surface area contributed by atoms with Gasteiger partial charge in [-0.2, -0.15) is 32.1 Å². The van der Waals surface area contributed by atoms with Crippen LogP contribution in [-0.4, -0.2) is 69.0 Å². The molecule has 2 fully saturated rings. The lowest BCUT2D eigenvalue weighted by Gasteiger charge is -2.29. The van der Waals surface area contributed by atoms with E-state index in [9.17, 15) is 40.3 Å². The maximum atomic E-state index is 16.1. The fourth-order valence-electron chi connectivity index (χ4n) is 8.37. The number of carbonyl (C=O) groups excluding carboxylic acids is 1. The molecule has 1 aliphatic heterocycles. The summed E-state index contributed by atoms with van der Waals surface area (Å²) < 4.78 is 140. The predicted octanol–water partition coefficient (Wildman–Crippen LogP) is 6.31. The van der Waals surface area contributed by atoms with E-state index in [0.29, 0.717) is 6.07 Å². The highest BCUT2D eigenvalue weighted by Crippen LogP contribution is 2.69. The molecule has 0 spiro atoms. The minimum absolute atomic E-state index is 0.0316. The smallest absolute Gasteiger partial charge is 0.381 e. The maximum Gasteiger partial charge on any atom is 0.435 e. The molecule has 12 nitrogen and oxygen atoms in total. The number of carbonyl (C=O) groups is 1. The first kappa shape index (κ1) is 41.5. The Hall–Kier alpha value is -5.23. The van der Waals surface area contributed by atoms with Gasteiger partial charge in [0.25, 0.3) is 5.92 Å². The molecule has 3 aliphatic rings. The molecule has 4 N–H and O–H groups in total. The van der Waals surface area contributed by atoms with Crippen LogP contribution in [0, 0.1) is 29.4 Å². The summed E-state index contributed by atoms with van der Waals surface area (Å²) in [6.45, 7) is 0.395. The van der Waals surface area contributed by atoms with Crippen LogP contribution in [0.2, 0.25) is 5.02 Å². The van der Waals surface area contributed by atoms with E-state index in [1.807, 2.05) is 0 Å². The van der Waals surface area contributed by atoms with Gasteiger partial charge in [0.05, 0.1) is 41.1 Å². The normalized spacial score (nSPS) is 20.2. The van der Waals surface area contributed by atoms with Gasteiger partial charge in [-0.25, -0.2) is 26.9 Å². The van der Waals surface area contributed by atoms with Crippen LogP contribution >= 0.6 is 11.6 Å². The Morgan fingerprint density at radius 1 is 1.10 bits per heavy atom. The number of nitrogens with two attached hydrogens (primary N) is 1. The van der Waals surface area contributed by atoms with E-state index in [-0.39, 0.29) is 87.0 Å². The Labute approximate surface area is 341 Å². The van der Waals surface area contributed by atoms with Gasteiger partial charge in [0, 0.05) is 54.5 Å². The fourth-order valence-corrected chi connectivity index (χ4v) is 9.11. The van der Waals surface area contributed by atoms with Crippen molar-refractivity contribution >= 4 is 44.3 Å². The molecule has 5 aromatic rings. The van der Waals surface area contributed by atoms with Crippen molar-refractivity contribution in [3.8, 4) is 23.0 Å². The molecule has 1 saturated heterocycles. The first-order valence-electron chi connectivity index (χ1n) is 18.4. The number of halogens is 8. The summed E-state index contributed by atoms with van der Waals surface area (Å²) >= 11 is 6.60. The number of sulfonamides is 1. The van der Waals surface area contributed by atoms with E-state index in [1.165, 1.54) is 36.0 Å². The molecule has 4 heterocycles. The molecule has 4 atom stereocenters. The zero-order chi connectivity index (χ0) is 43.3. The van der Waals surface area contributed by atoms with Gasteiger partial charge in [0.15, 0.2) is 11.5 Å². The molecule has 60 heavy (non-hydrogen) atoms. The molecule has 0 radical (unpaired) electrons. The summed E-state index contributed by atoms with van der Waals surface area (Å²) in [5, 5.41) is 19.2. The first-order chi connectivity index (χ1) is 28.1. The van der Waals surface area contributed by atoms with Crippen molar-refractivity contribution in [3.05, 3.63) is 93.0 Å². The minimum atomic E-state index is -5.23. The molecule has 1 unspecified atom stereocenters. The van der Waals surface area contributed by atoms with Crippen LogP contribution in [0.3, 0.4) is 0 Å². The quantitative estimate of drug-likeness (QED) is 0.115. The molecular weight excluding hydrogens is 847 g/mol. The van der Waals surface area contributed by atoms with E-state index in [2.05, 4.69) is 26.8 Å². The van der Waals surface area contributed by atoms with Gasteiger partial charge in [-0.15, -0.1) is 0 Å². The number of primary amides is 1. The monoisotopic (exact) mass is 879 g/mol. The van der Waals surface area contributed by atoms with Gasteiger partial charge in [-0.3, -0.25) is 14.2 Å². The molecule has 21 heteroatoms. The van der Waals surface area contributed by atoms with Crippen molar-refractivity contribution in [1.29, 1.82) is 0 Å². The van der Waals surface area contributed by atoms with Crippen LogP contribution < -0.4 is 10.5 Å². The van der Waals surface area contributed by atoms with Crippen LogP contribution in [0.4, 0.5) is 36.6 Å². The highest BCUT2D eigenvalue weighted by molar-refractivity contribution is 7.92. The molecule has 3 aromatic heterocycles. The standard InChI is InChI=1S/C39H33ClF7N7O5S/c1-53-31-23(5-6-27(40)29(31)36(51-53)52-60(2,57)58)22-4-3-21(7-8-37(56)9-11-59-12-10-37)49-30(22)25(15-18-13-19(41)16-20(42)14-18)32(35(48)55)54-34-28(33(50-54)39(45,46)47)24-17-26(24)38(34,43)44/h3-6,13-14,16,24-26,32,56H,9-12,15,17H2,1-2H3,(H2,48,55)(H,51,52)/t24-,25+,26+,32?/m0/s1. The van der Waals surface area contributed by atoms with Crippen molar-refractivity contribution < 1.29 is 53.8 Å². The second kappa shape index (κ2) is 14.5. The molecule has 1 saturated carbocycles. The third-order valence-corrected chi connectivity index (χ3v) is 11.9. The summed E-state index contributed by atoms with van der Waals surface area (Å²) in [4.78, 5) is 18.6. The number of hydrogen-bond acceptors (Lipinski definition) is 8. The number of nitrogens with one attached hydrogen (secondary N) is 1. The maximum absolute atomic E-state index is 16.1. The van der Waals surface area contributed by atoms with Crippen molar-refractivity contribution in [3.63, 3.8) is 0 Å². The Morgan fingerprint density at radius 3 is 2.40 bits per heavy atom. The van der Waals surface area contributed by atoms with Crippen molar-refractivity contribution in [2.75, 3.05) is 24.2 Å². The fraction of sp³-hybridized carbons (Fsp3) is 0.385. The van der Waals surface area contributed by atoms with Gasteiger partial charge in [-0.1, -0.05) is 23.6 Å². The zero-order valence-electron chi connectivity index (χ0n) is 31.4. The molecule has 2 aliphatic carbocycles. The number of pyridine rings is 1. The first-order valence-corrected chi connectivity index (χ1v) is 20.6. The number of nitrogens with zero attached hydrogens (tertiary/aromatic N) is 5. The van der Waals surface area contributed by atoms with Crippen molar-refractivity contribution in [2.45, 2.75) is 61.3 Å². The van der Waals surface area contributed by atoms with Gasteiger partial charge < -0.3 is 15.6 Å². The van der Waals surface area contributed by atoms with E-state index in [4.69, 9.17) is 27.1 Å². The molecule has 1 amide bonds. The van der Waals surface area contributed by atoms with Crippen LogP contribution in [0.15, 0.2) is 42.5 Å². The summed E-state index contributed by atoms with van der Waals surface area (Å²) in [6, 6.07) is 5.84.